The number of anilines is 1. The number of nitriles is 1. The zero-order valence-corrected chi connectivity index (χ0v) is 16.1. The minimum atomic E-state index is -0.542. The van der Waals surface area contributed by atoms with Gasteiger partial charge in [0.2, 0.25) is 11.8 Å². The van der Waals surface area contributed by atoms with Crippen molar-refractivity contribution in [1.29, 1.82) is 5.26 Å². The summed E-state index contributed by atoms with van der Waals surface area (Å²) in [5.41, 5.74) is 3.84. The number of ether oxygens (including phenoxy) is 1. The van der Waals surface area contributed by atoms with Gasteiger partial charge in [0, 0.05) is 18.0 Å². The van der Waals surface area contributed by atoms with Gasteiger partial charge in [0.25, 0.3) is 5.56 Å². The van der Waals surface area contributed by atoms with Crippen molar-refractivity contribution in [3.05, 3.63) is 94.7 Å². The Bertz CT molecular complexity index is 1300. The topological polar surface area (TPSA) is 129 Å². The number of aromatic nitrogens is 4. The third kappa shape index (κ3) is 4.78. The number of hydrogen-bond donors (Lipinski definition) is 2. The van der Waals surface area contributed by atoms with Crippen LogP contribution >= 0.6 is 0 Å². The largest absolute Gasteiger partial charge is 0.438 e. The van der Waals surface area contributed by atoms with E-state index in [1.165, 1.54) is 6.20 Å². The average molecular weight is 409 g/mol. The van der Waals surface area contributed by atoms with E-state index in [2.05, 4.69) is 30.5 Å². The van der Waals surface area contributed by atoms with E-state index >= 15 is 0 Å². The molecule has 0 aliphatic heterocycles. The normalized spacial score (nSPS) is 10.5. The average Bonchev–Trinajstić information content (AvgIpc) is 2.81. The van der Waals surface area contributed by atoms with E-state index in [9.17, 15) is 10.1 Å². The Morgan fingerprint density at radius 2 is 1.90 bits per heavy atom. The maximum Gasteiger partial charge on any atom is 0.270 e. The molecule has 0 amide bonds. The van der Waals surface area contributed by atoms with Gasteiger partial charge in [-0.25, -0.2) is 15.4 Å². The monoisotopic (exact) mass is 409 g/mol. The molecule has 0 spiro atoms. The van der Waals surface area contributed by atoms with E-state index < -0.39 is 5.56 Å². The smallest absolute Gasteiger partial charge is 0.270 e. The molecule has 2 heterocycles. The SMILES string of the molecule is N#Cc1c(-c2ccccc2)nc(NN=Cc2ccc(Oc3cnccn3)cc2)[nH]c1=O. The van der Waals surface area contributed by atoms with Crippen LogP contribution in [0, 0.1) is 11.3 Å². The van der Waals surface area contributed by atoms with E-state index in [0.29, 0.717) is 17.2 Å². The Labute approximate surface area is 176 Å². The van der Waals surface area contributed by atoms with Crippen molar-refractivity contribution in [2.24, 2.45) is 5.10 Å². The number of hydrogen-bond acceptors (Lipinski definition) is 8. The first-order chi connectivity index (χ1) is 15.2. The number of aromatic amines is 1. The molecule has 31 heavy (non-hydrogen) atoms. The zero-order chi connectivity index (χ0) is 21.5. The van der Waals surface area contributed by atoms with Gasteiger partial charge in [-0.05, 0) is 29.8 Å². The molecule has 0 saturated carbocycles. The summed E-state index contributed by atoms with van der Waals surface area (Å²) in [6.45, 7) is 0. The predicted molar refractivity (Wildman–Crippen MR) is 115 cm³/mol. The van der Waals surface area contributed by atoms with Gasteiger partial charge in [-0.1, -0.05) is 30.3 Å². The summed E-state index contributed by atoms with van der Waals surface area (Å²) in [6.07, 6.45) is 6.20. The van der Waals surface area contributed by atoms with E-state index in [1.54, 1.807) is 55.0 Å². The number of rotatable bonds is 6. The van der Waals surface area contributed by atoms with Crippen molar-refractivity contribution in [1.82, 2.24) is 19.9 Å². The van der Waals surface area contributed by atoms with Crippen LogP contribution in [0.3, 0.4) is 0 Å². The van der Waals surface area contributed by atoms with Crippen molar-refractivity contribution in [2.45, 2.75) is 0 Å². The minimum Gasteiger partial charge on any atom is -0.438 e. The summed E-state index contributed by atoms with van der Waals surface area (Å²) in [6, 6.07) is 18.1. The lowest BCUT2D eigenvalue weighted by molar-refractivity contribution is 0.460. The fourth-order valence-corrected chi connectivity index (χ4v) is 2.68. The standard InChI is InChI=1S/C22H15N7O2/c23-12-18-20(16-4-2-1-3-5-16)27-22(28-21(18)30)29-26-13-15-6-8-17(9-7-15)31-19-14-24-10-11-25-19/h1-11,13-14H,(H2,27,28,29,30). The lowest BCUT2D eigenvalue weighted by Crippen LogP contribution is -2.16. The van der Waals surface area contributed by atoms with E-state index in [-0.39, 0.29) is 17.2 Å². The molecule has 0 aliphatic rings. The van der Waals surface area contributed by atoms with E-state index in [0.717, 1.165) is 5.56 Å². The van der Waals surface area contributed by atoms with Crippen molar-refractivity contribution < 1.29 is 4.74 Å². The first kappa shape index (κ1) is 19.5. The highest BCUT2D eigenvalue weighted by molar-refractivity contribution is 5.80. The fourth-order valence-electron chi connectivity index (χ4n) is 2.68. The van der Waals surface area contributed by atoms with Crippen LogP contribution in [-0.2, 0) is 0 Å². The van der Waals surface area contributed by atoms with Crippen LogP contribution < -0.4 is 15.7 Å². The van der Waals surface area contributed by atoms with Gasteiger partial charge in [-0.2, -0.15) is 10.4 Å². The van der Waals surface area contributed by atoms with Crippen LogP contribution in [0.5, 0.6) is 11.6 Å². The molecule has 150 valence electrons. The molecule has 2 N–H and O–H groups in total. The van der Waals surface area contributed by atoms with Crippen molar-refractivity contribution in [3.8, 4) is 29.0 Å². The highest BCUT2D eigenvalue weighted by atomic mass is 16.5. The lowest BCUT2D eigenvalue weighted by Gasteiger charge is -2.06. The van der Waals surface area contributed by atoms with Crippen molar-refractivity contribution >= 4 is 12.2 Å². The number of nitrogens with zero attached hydrogens (tertiary/aromatic N) is 5. The molecular formula is C22H15N7O2. The zero-order valence-electron chi connectivity index (χ0n) is 16.1. The van der Waals surface area contributed by atoms with Crippen molar-refractivity contribution in [2.75, 3.05) is 5.43 Å². The van der Waals surface area contributed by atoms with Gasteiger partial charge in [-0.3, -0.25) is 14.8 Å². The first-order valence-electron chi connectivity index (χ1n) is 9.16. The predicted octanol–water partition coefficient (Wildman–Crippen LogP) is 3.34. The third-order valence-corrected chi connectivity index (χ3v) is 4.10. The number of nitrogens with one attached hydrogen (secondary N) is 2. The Hall–Kier alpha value is -4.84. The van der Waals surface area contributed by atoms with Crippen LogP contribution in [-0.4, -0.2) is 26.2 Å². The molecule has 9 heteroatoms. The summed E-state index contributed by atoms with van der Waals surface area (Å²) in [5, 5.41) is 13.4. The highest BCUT2D eigenvalue weighted by Gasteiger charge is 2.12. The van der Waals surface area contributed by atoms with Gasteiger partial charge in [0.1, 0.15) is 17.4 Å². The Morgan fingerprint density at radius 1 is 1.10 bits per heavy atom. The molecule has 0 radical (unpaired) electrons. The highest BCUT2D eigenvalue weighted by Crippen LogP contribution is 2.20. The lowest BCUT2D eigenvalue weighted by atomic mass is 10.1. The maximum absolute atomic E-state index is 12.3. The second kappa shape index (κ2) is 9.11. The molecule has 4 rings (SSSR count). The molecule has 2 aromatic heterocycles. The van der Waals surface area contributed by atoms with E-state index in [1.807, 2.05) is 24.3 Å². The summed E-state index contributed by atoms with van der Waals surface area (Å²) in [5.74, 6) is 1.13. The molecule has 4 aromatic rings. The van der Waals surface area contributed by atoms with Gasteiger partial charge < -0.3 is 4.74 Å². The molecule has 2 aromatic carbocycles. The molecule has 0 unspecified atom stereocenters. The molecule has 0 aliphatic carbocycles. The molecular weight excluding hydrogens is 394 g/mol. The molecule has 0 atom stereocenters. The molecule has 9 nitrogen and oxygen atoms in total. The number of H-pyrrole nitrogens is 1. The maximum atomic E-state index is 12.3. The first-order valence-corrected chi connectivity index (χ1v) is 9.16. The molecule has 0 bridgehead atoms. The second-order valence-corrected chi connectivity index (χ2v) is 6.20. The number of benzene rings is 2. The Kier molecular flexibility index (Phi) is 5.72. The van der Waals surface area contributed by atoms with Gasteiger partial charge in [0.15, 0.2) is 0 Å². The Balaban J connectivity index is 1.48. The summed E-state index contributed by atoms with van der Waals surface area (Å²) in [4.78, 5) is 27.1. The summed E-state index contributed by atoms with van der Waals surface area (Å²) in [7, 11) is 0. The fraction of sp³-hybridized carbons (Fsp3) is 0. The van der Waals surface area contributed by atoms with Crippen LogP contribution in [0.15, 0.2) is 83.1 Å². The van der Waals surface area contributed by atoms with Crippen LogP contribution in [0.1, 0.15) is 11.1 Å². The quantitative estimate of drug-likeness (QED) is 0.369. The van der Waals surface area contributed by atoms with Crippen LogP contribution in [0.25, 0.3) is 11.3 Å². The minimum absolute atomic E-state index is 0.0561. The molecule has 0 fully saturated rings. The third-order valence-electron chi connectivity index (χ3n) is 4.10. The van der Waals surface area contributed by atoms with Crippen LogP contribution in [0.4, 0.5) is 5.95 Å². The van der Waals surface area contributed by atoms with E-state index in [4.69, 9.17) is 4.74 Å². The second-order valence-electron chi connectivity index (χ2n) is 6.20. The molecule has 0 saturated heterocycles. The van der Waals surface area contributed by atoms with Gasteiger partial charge >= 0.3 is 0 Å². The Morgan fingerprint density at radius 3 is 2.61 bits per heavy atom. The number of hydrazone groups is 1. The summed E-state index contributed by atoms with van der Waals surface area (Å²) < 4.78 is 5.59. The summed E-state index contributed by atoms with van der Waals surface area (Å²) >= 11 is 0. The van der Waals surface area contributed by atoms with Crippen LogP contribution in [0.2, 0.25) is 0 Å². The van der Waals surface area contributed by atoms with Crippen molar-refractivity contribution in [3.63, 3.8) is 0 Å². The van der Waals surface area contributed by atoms with Gasteiger partial charge in [0.05, 0.1) is 18.1 Å². The van der Waals surface area contributed by atoms with Gasteiger partial charge in [-0.15, -0.1) is 0 Å².